The zero-order valence-electron chi connectivity index (χ0n) is 13.7. The van der Waals surface area contributed by atoms with E-state index in [9.17, 15) is 9.59 Å². The number of methoxy groups -OCH3 is 1. The summed E-state index contributed by atoms with van der Waals surface area (Å²) in [4.78, 5) is 25.4. The van der Waals surface area contributed by atoms with Gasteiger partial charge in [0.15, 0.2) is 0 Å². The van der Waals surface area contributed by atoms with E-state index < -0.39 is 0 Å². The van der Waals surface area contributed by atoms with E-state index in [1.54, 1.807) is 14.0 Å². The quantitative estimate of drug-likeness (QED) is 0.760. The summed E-state index contributed by atoms with van der Waals surface area (Å²) in [6.07, 6.45) is 2.15. The van der Waals surface area contributed by atoms with Gasteiger partial charge in [-0.3, -0.25) is 9.59 Å². The van der Waals surface area contributed by atoms with Crippen molar-refractivity contribution >= 4 is 17.5 Å². The minimum atomic E-state index is -0.267. The molecule has 0 aliphatic heterocycles. The number of benzene rings is 1. The highest BCUT2D eigenvalue weighted by Crippen LogP contribution is 2.28. The van der Waals surface area contributed by atoms with Gasteiger partial charge in [-0.15, -0.1) is 0 Å². The summed E-state index contributed by atoms with van der Waals surface area (Å²) in [5.41, 5.74) is 7.29. The maximum absolute atomic E-state index is 11.9. The summed E-state index contributed by atoms with van der Waals surface area (Å²) in [7, 11) is 1.54. The lowest BCUT2D eigenvalue weighted by Gasteiger charge is -2.20. The molecule has 1 aromatic carbocycles. The van der Waals surface area contributed by atoms with Crippen LogP contribution in [0.5, 0.6) is 0 Å². The molecule has 1 aliphatic rings. The second-order valence-corrected chi connectivity index (χ2v) is 5.92. The number of ether oxygens (including phenoxy) is 1. The second kappa shape index (κ2) is 8.08. The molecule has 1 atom stereocenters. The molecule has 6 nitrogen and oxygen atoms in total. The molecular weight excluding hydrogens is 294 g/mol. The number of carbonyl (C=O) groups excluding carboxylic acids is 2. The van der Waals surface area contributed by atoms with Gasteiger partial charge in [-0.2, -0.15) is 0 Å². The number of anilines is 1. The van der Waals surface area contributed by atoms with Gasteiger partial charge in [-0.25, -0.2) is 0 Å². The summed E-state index contributed by atoms with van der Waals surface area (Å²) >= 11 is 0. The monoisotopic (exact) mass is 319 g/mol. The molecule has 23 heavy (non-hydrogen) atoms. The Labute approximate surface area is 137 Å². The van der Waals surface area contributed by atoms with E-state index in [2.05, 4.69) is 5.32 Å². The van der Waals surface area contributed by atoms with E-state index in [0.717, 1.165) is 24.1 Å². The molecule has 0 spiro atoms. The van der Waals surface area contributed by atoms with Crippen LogP contribution < -0.4 is 11.1 Å². The van der Waals surface area contributed by atoms with E-state index in [4.69, 9.17) is 10.5 Å². The number of hydrogen-bond donors (Lipinski definition) is 2. The lowest BCUT2D eigenvalue weighted by molar-refractivity contribution is -0.130. The van der Waals surface area contributed by atoms with Crippen LogP contribution >= 0.6 is 0 Å². The Morgan fingerprint density at radius 2 is 2.00 bits per heavy atom. The maximum atomic E-state index is 11.9. The Morgan fingerprint density at radius 1 is 1.35 bits per heavy atom. The van der Waals surface area contributed by atoms with Crippen molar-refractivity contribution in [2.24, 2.45) is 5.73 Å². The first-order valence-electron chi connectivity index (χ1n) is 7.92. The fourth-order valence-corrected chi connectivity index (χ4v) is 2.46. The first-order chi connectivity index (χ1) is 11.0. The van der Waals surface area contributed by atoms with E-state index in [1.807, 2.05) is 29.2 Å². The summed E-state index contributed by atoms with van der Waals surface area (Å²) < 4.78 is 5.10. The molecule has 0 saturated heterocycles. The van der Waals surface area contributed by atoms with Gasteiger partial charge >= 0.3 is 0 Å². The van der Waals surface area contributed by atoms with E-state index in [1.165, 1.54) is 0 Å². The summed E-state index contributed by atoms with van der Waals surface area (Å²) in [6, 6.07) is 7.97. The average molecular weight is 319 g/mol. The van der Waals surface area contributed by atoms with E-state index in [0.29, 0.717) is 19.1 Å². The molecule has 1 fully saturated rings. The molecule has 2 amide bonds. The van der Waals surface area contributed by atoms with Crippen LogP contribution in [0.1, 0.15) is 31.7 Å². The predicted octanol–water partition coefficient (Wildman–Crippen LogP) is 1.50. The van der Waals surface area contributed by atoms with Crippen molar-refractivity contribution < 1.29 is 14.3 Å². The van der Waals surface area contributed by atoms with Crippen LogP contribution in [0.15, 0.2) is 24.3 Å². The van der Waals surface area contributed by atoms with Crippen LogP contribution in [0.2, 0.25) is 0 Å². The fraction of sp³-hybridized carbons (Fsp3) is 0.529. The van der Waals surface area contributed by atoms with Gasteiger partial charge in [0.05, 0.1) is 12.5 Å². The highest BCUT2D eigenvalue weighted by atomic mass is 16.5. The van der Waals surface area contributed by atoms with Crippen molar-refractivity contribution in [3.05, 3.63) is 29.8 Å². The number of nitrogens with one attached hydrogen (secondary N) is 1. The van der Waals surface area contributed by atoms with Gasteiger partial charge < -0.3 is 20.7 Å². The molecule has 6 heteroatoms. The molecule has 1 aromatic rings. The Bertz CT molecular complexity index is 537. The summed E-state index contributed by atoms with van der Waals surface area (Å²) in [5.74, 6) is -0.0179. The molecule has 1 unspecified atom stereocenters. The molecule has 126 valence electrons. The van der Waals surface area contributed by atoms with Crippen molar-refractivity contribution in [2.45, 2.75) is 44.9 Å². The Balaban J connectivity index is 1.88. The normalized spacial score (nSPS) is 15.1. The van der Waals surface area contributed by atoms with Crippen LogP contribution in [-0.4, -0.2) is 42.5 Å². The molecular formula is C17H25N3O3. The van der Waals surface area contributed by atoms with E-state index in [-0.39, 0.29) is 24.3 Å². The molecule has 0 bridgehead atoms. The van der Waals surface area contributed by atoms with Crippen molar-refractivity contribution in [3.8, 4) is 0 Å². The Kier molecular flexibility index (Phi) is 6.12. The number of hydrogen-bond acceptors (Lipinski definition) is 4. The fourth-order valence-electron chi connectivity index (χ4n) is 2.46. The number of rotatable bonds is 8. The van der Waals surface area contributed by atoms with Gasteiger partial charge in [0.2, 0.25) is 11.8 Å². The third kappa shape index (κ3) is 5.33. The lowest BCUT2D eigenvalue weighted by atomic mass is 10.1. The topological polar surface area (TPSA) is 84.7 Å². The third-order valence-corrected chi connectivity index (χ3v) is 3.99. The van der Waals surface area contributed by atoms with Crippen LogP contribution in [0.3, 0.4) is 0 Å². The van der Waals surface area contributed by atoms with Crippen LogP contribution in [-0.2, 0) is 20.9 Å². The lowest BCUT2D eigenvalue weighted by Crippen LogP contribution is -2.30. The average Bonchev–Trinajstić information content (AvgIpc) is 3.36. The van der Waals surface area contributed by atoms with Gasteiger partial charge in [-0.1, -0.05) is 12.1 Å². The Hall–Kier alpha value is -1.92. The zero-order chi connectivity index (χ0) is 16.8. The van der Waals surface area contributed by atoms with Crippen molar-refractivity contribution in [2.75, 3.05) is 19.0 Å². The van der Waals surface area contributed by atoms with Gasteiger partial charge in [-0.05, 0) is 30.5 Å². The van der Waals surface area contributed by atoms with Gasteiger partial charge in [0, 0.05) is 38.9 Å². The molecule has 0 heterocycles. The largest absolute Gasteiger partial charge is 0.380 e. The first-order valence-corrected chi connectivity index (χ1v) is 7.92. The molecule has 0 aromatic heterocycles. The number of amides is 2. The van der Waals surface area contributed by atoms with Gasteiger partial charge in [0.25, 0.3) is 0 Å². The van der Waals surface area contributed by atoms with Crippen molar-refractivity contribution in [1.29, 1.82) is 0 Å². The molecule has 3 N–H and O–H groups in total. The minimum Gasteiger partial charge on any atom is -0.380 e. The van der Waals surface area contributed by atoms with Crippen LogP contribution in [0.25, 0.3) is 0 Å². The predicted molar refractivity (Wildman–Crippen MR) is 88.8 cm³/mol. The number of nitrogens with two attached hydrogens (primary N) is 1. The highest BCUT2D eigenvalue weighted by Gasteiger charge is 2.30. The van der Waals surface area contributed by atoms with Gasteiger partial charge in [0.1, 0.15) is 0 Å². The van der Waals surface area contributed by atoms with Crippen LogP contribution in [0.4, 0.5) is 5.69 Å². The SMILES string of the molecule is COC(CN)CC(=O)Nc1ccc(CN(C(C)=O)C2CC2)cc1. The first kappa shape index (κ1) is 17.4. The maximum Gasteiger partial charge on any atom is 0.227 e. The summed E-state index contributed by atoms with van der Waals surface area (Å²) in [5, 5.41) is 2.82. The van der Waals surface area contributed by atoms with Crippen LogP contribution in [0, 0.1) is 0 Å². The number of carbonyl (C=O) groups is 2. The number of nitrogens with zero attached hydrogens (tertiary/aromatic N) is 1. The van der Waals surface area contributed by atoms with Crippen molar-refractivity contribution in [3.63, 3.8) is 0 Å². The molecule has 1 aliphatic carbocycles. The zero-order valence-corrected chi connectivity index (χ0v) is 13.7. The summed E-state index contributed by atoms with van der Waals surface area (Å²) in [6.45, 7) is 2.54. The Morgan fingerprint density at radius 3 is 2.48 bits per heavy atom. The molecule has 0 radical (unpaired) electrons. The molecule has 1 saturated carbocycles. The second-order valence-electron chi connectivity index (χ2n) is 5.92. The molecule has 2 rings (SSSR count). The minimum absolute atomic E-state index is 0.109. The van der Waals surface area contributed by atoms with E-state index >= 15 is 0 Å². The smallest absolute Gasteiger partial charge is 0.227 e. The third-order valence-electron chi connectivity index (χ3n) is 3.99. The van der Waals surface area contributed by atoms with Crippen molar-refractivity contribution in [1.82, 2.24) is 4.90 Å². The highest BCUT2D eigenvalue weighted by molar-refractivity contribution is 5.91. The standard InChI is InChI=1S/C17H25N3O3/c1-12(21)20(15-7-8-15)11-13-3-5-14(6-4-13)19-17(22)9-16(10-18)23-2/h3-6,15-16H,7-11,18H2,1-2H3,(H,19,22).